The molecule has 6 nitrogen and oxygen atoms in total. The van der Waals surface area contributed by atoms with E-state index >= 15 is 0 Å². The lowest BCUT2D eigenvalue weighted by molar-refractivity contribution is 0.189. The largest absolute Gasteiger partial charge is 0.465 e. The van der Waals surface area contributed by atoms with Crippen LogP contribution in [0.2, 0.25) is 0 Å². The highest BCUT2D eigenvalue weighted by Crippen LogP contribution is 2.35. The highest BCUT2D eigenvalue weighted by molar-refractivity contribution is 5.86. The molecule has 4 aromatic rings. The first-order valence-corrected chi connectivity index (χ1v) is 11.8. The van der Waals surface area contributed by atoms with Gasteiger partial charge in [-0.15, -0.1) is 0 Å². The Morgan fingerprint density at radius 3 is 2.47 bits per heavy atom. The number of nitrogens with one attached hydrogen (secondary N) is 2. The van der Waals surface area contributed by atoms with Crippen molar-refractivity contribution in [2.75, 3.05) is 0 Å². The number of rotatable bonds is 4. The van der Waals surface area contributed by atoms with Gasteiger partial charge < -0.3 is 20.0 Å². The third-order valence-electron chi connectivity index (χ3n) is 6.87. The number of fused-ring (bicyclic) bond motifs is 1. The lowest BCUT2D eigenvalue weighted by atomic mass is 10.1. The number of nitrogens with zero attached hydrogens (tertiary/aromatic N) is 2. The molecule has 2 saturated carbocycles. The molecule has 3 N–H and O–H groups in total. The summed E-state index contributed by atoms with van der Waals surface area (Å²) in [6.45, 7) is 1.90. The monoisotopic (exact) mass is 460 g/mol. The third-order valence-corrected chi connectivity index (χ3v) is 6.87. The lowest BCUT2D eigenvalue weighted by Crippen LogP contribution is -2.32. The van der Waals surface area contributed by atoms with Gasteiger partial charge in [-0.25, -0.2) is 14.2 Å². The van der Waals surface area contributed by atoms with Crippen LogP contribution in [0.5, 0.6) is 0 Å². The van der Waals surface area contributed by atoms with Crippen LogP contribution in [0.3, 0.4) is 0 Å². The molecule has 2 aromatic heterocycles. The molecule has 34 heavy (non-hydrogen) atoms. The Kier molecular flexibility index (Phi) is 5.86. The Labute approximate surface area is 197 Å². The predicted octanol–water partition coefficient (Wildman–Crippen LogP) is 6.76. The molecule has 2 fully saturated rings. The molecule has 0 atom stereocenters. The summed E-state index contributed by atoms with van der Waals surface area (Å²) in [6.07, 6.45) is 10.1. The molecule has 2 heterocycles. The molecule has 176 valence electrons. The quantitative estimate of drug-likeness (QED) is 0.315. The smallest absolute Gasteiger partial charge is 0.405 e. The van der Waals surface area contributed by atoms with E-state index in [1.54, 1.807) is 12.1 Å². The van der Waals surface area contributed by atoms with Crippen LogP contribution in [-0.2, 0) is 0 Å². The van der Waals surface area contributed by atoms with Gasteiger partial charge in [-0.2, -0.15) is 0 Å². The Morgan fingerprint density at radius 1 is 1.12 bits per heavy atom. The standard InChI is InChI=1S/C22H20FN3.C5H9NO2/c23-18-9-10-20-17(11-18)12-21(25-20)15-5-7-16(8-6-15)22-13-24-14-26(22)19-3-1-2-4-19;1-5(2-3-5)6-4(7)8/h5-14,19,25H,1-4H2;6H,2-3H2,1H3,(H,7,8). The van der Waals surface area contributed by atoms with Gasteiger partial charge in [0.25, 0.3) is 0 Å². The number of halogens is 1. The first-order chi connectivity index (χ1) is 16.4. The van der Waals surface area contributed by atoms with Gasteiger partial charge in [0.05, 0.1) is 18.2 Å². The van der Waals surface area contributed by atoms with Crippen molar-refractivity contribution in [3.63, 3.8) is 0 Å². The lowest BCUT2D eigenvalue weighted by Gasteiger charge is -2.15. The molecule has 0 spiro atoms. The van der Waals surface area contributed by atoms with E-state index in [1.807, 2.05) is 25.5 Å². The first-order valence-electron chi connectivity index (χ1n) is 11.8. The summed E-state index contributed by atoms with van der Waals surface area (Å²) < 4.78 is 15.7. The van der Waals surface area contributed by atoms with E-state index in [2.05, 4.69) is 44.1 Å². The van der Waals surface area contributed by atoms with E-state index < -0.39 is 6.09 Å². The maximum absolute atomic E-state index is 13.4. The van der Waals surface area contributed by atoms with Crippen LogP contribution in [0.1, 0.15) is 51.5 Å². The number of aromatic amines is 1. The minimum absolute atomic E-state index is 0.0775. The first kappa shape index (κ1) is 22.2. The number of amides is 1. The van der Waals surface area contributed by atoms with Gasteiger partial charge >= 0.3 is 6.09 Å². The number of carboxylic acid groups (broad SMARTS) is 1. The van der Waals surface area contributed by atoms with E-state index in [9.17, 15) is 9.18 Å². The summed E-state index contributed by atoms with van der Waals surface area (Å²) in [5.41, 5.74) is 5.33. The van der Waals surface area contributed by atoms with Crippen molar-refractivity contribution >= 4 is 17.0 Å². The van der Waals surface area contributed by atoms with Crippen molar-refractivity contribution in [1.82, 2.24) is 19.9 Å². The minimum Gasteiger partial charge on any atom is -0.465 e. The van der Waals surface area contributed by atoms with E-state index in [0.29, 0.717) is 6.04 Å². The van der Waals surface area contributed by atoms with Crippen LogP contribution < -0.4 is 5.32 Å². The molecule has 0 saturated heterocycles. The average Bonchev–Trinajstić information content (AvgIpc) is 3.28. The van der Waals surface area contributed by atoms with Crippen LogP contribution in [0.4, 0.5) is 9.18 Å². The molecule has 2 aliphatic rings. The van der Waals surface area contributed by atoms with E-state index in [-0.39, 0.29) is 11.4 Å². The molecule has 6 rings (SSSR count). The average molecular weight is 461 g/mol. The summed E-state index contributed by atoms with van der Waals surface area (Å²) in [5, 5.41) is 11.5. The second-order valence-corrected chi connectivity index (χ2v) is 9.61. The molecule has 1 amide bonds. The number of imidazole rings is 1. The number of aromatic nitrogens is 3. The van der Waals surface area contributed by atoms with Gasteiger partial charge in [-0.1, -0.05) is 37.1 Å². The number of benzene rings is 2. The Hall–Kier alpha value is -3.61. The van der Waals surface area contributed by atoms with E-state index in [0.717, 1.165) is 35.0 Å². The molecular weight excluding hydrogens is 431 g/mol. The summed E-state index contributed by atoms with van der Waals surface area (Å²) in [4.78, 5) is 17.7. The van der Waals surface area contributed by atoms with Crippen molar-refractivity contribution in [2.24, 2.45) is 0 Å². The van der Waals surface area contributed by atoms with Crippen molar-refractivity contribution < 1.29 is 14.3 Å². The molecule has 0 bridgehead atoms. The summed E-state index contributed by atoms with van der Waals surface area (Å²) in [5.74, 6) is -0.210. The van der Waals surface area contributed by atoms with Crippen LogP contribution >= 0.6 is 0 Å². The third kappa shape index (κ3) is 4.83. The predicted molar refractivity (Wildman–Crippen MR) is 131 cm³/mol. The number of hydrogen-bond acceptors (Lipinski definition) is 2. The maximum Gasteiger partial charge on any atom is 0.405 e. The van der Waals surface area contributed by atoms with Gasteiger partial charge in [-0.3, -0.25) is 0 Å². The number of H-pyrrole nitrogens is 1. The second-order valence-electron chi connectivity index (χ2n) is 9.61. The highest BCUT2D eigenvalue weighted by atomic mass is 19.1. The Balaban J connectivity index is 0.000000257. The Bertz CT molecular complexity index is 1300. The van der Waals surface area contributed by atoms with Gasteiger partial charge in [0.15, 0.2) is 0 Å². The van der Waals surface area contributed by atoms with Gasteiger partial charge in [-0.05, 0) is 68.0 Å². The zero-order chi connectivity index (χ0) is 23.7. The van der Waals surface area contributed by atoms with Crippen molar-refractivity contribution in [2.45, 2.75) is 57.0 Å². The van der Waals surface area contributed by atoms with Crippen LogP contribution in [0.25, 0.3) is 33.4 Å². The molecular formula is C27H29FN4O2. The molecule has 7 heteroatoms. The van der Waals surface area contributed by atoms with Crippen LogP contribution in [-0.4, -0.2) is 31.3 Å². The fraction of sp³-hybridized carbons (Fsp3) is 0.333. The molecule has 0 radical (unpaired) electrons. The van der Waals surface area contributed by atoms with Crippen molar-refractivity contribution in [3.8, 4) is 22.5 Å². The van der Waals surface area contributed by atoms with Crippen LogP contribution in [0.15, 0.2) is 61.1 Å². The normalized spacial score (nSPS) is 16.8. The highest BCUT2D eigenvalue weighted by Gasteiger charge is 2.38. The second kappa shape index (κ2) is 8.97. The van der Waals surface area contributed by atoms with E-state index in [4.69, 9.17) is 5.11 Å². The zero-order valence-electron chi connectivity index (χ0n) is 19.2. The molecule has 2 aliphatic carbocycles. The molecule has 0 unspecified atom stereocenters. The zero-order valence-corrected chi connectivity index (χ0v) is 19.2. The summed E-state index contributed by atoms with van der Waals surface area (Å²) in [7, 11) is 0. The number of carbonyl (C=O) groups is 1. The van der Waals surface area contributed by atoms with Gasteiger partial charge in [0.2, 0.25) is 0 Å². The summed E-state index contributed by atoms with van der Waals surface area (Å²) in [6, 6.07) is 15.9. The fourth-order valence-corrected chi connectivity index (χ4v) is 4.65. The summed E-state index contributed by atoms with van der Waals surface area (Å²) >= 11 is 0. The molecule has 2 aromatic carbocycles. The number of hydrogen-bond donors (Lipinski definition) is 3. The maximum atomic E-state index is 13.4. The molecule has 0 aliphatic heterocycles. The Morgan fingerprint density at radius 2 is 1.82 bits per heavy atom. The fourth-order valence-electron chi connectivity index (χ4n) is 4.65. The van der Waals surface area contributed by atoms with Crippen molar-refractivity contribution in [1.29, 1.82) is 0 Å². The topological polar surface area (TPSA) is 82.9 Å². The van der Waals surface area contributed by atoms with E-state index in [1.165, 1.54) is 43.0 Å². The van der Waals surface area contributed by atoms with Crippen molar-refractivity contribution in [3.05, 3.63) is 66.9 Å². The SMILES string of the molecule is CC1(NC(=O)O)CC1.Fc1ccc2[nH]c(-c3ccc(-c4cncn4C4CCCC4)cc3)cc2c1. The van der Waals surface area contributed by atoms with Gasteiger partial charge in [0, 0.05) is 28.2 Å². The van der Waals surface area contributed by atoms with Gasteiger partial charge in [0.1, 0.15) is 5.82 Å². The minimum atomic E-state index is -0.912. The van der Waals surface area contributed by atoms with Crippen LogP contribution in [0, 0.1) is 5.82 Å².